The van der Waals surface area contributed by atoms with Gasteiger partial charge in [0.05, 0.1) is 29.8 Å². The first-order valence-electron chi connectivity index (χ1n) is 9.28. The molecule has 4 rings (SSSR count). The average molecular weight is 389 g/mol. The van der Waals surface area contributed by atoms with E-state index in [2.05, 4.69) is 32.2 Å². The molecule has 0 radical (unpaired) electrons. The molecule has 29 heavy (non-hydrogen) atoms. The minimum absolute atomic E-state index is 0.0465. The summed E-state index contributed by atoms with van der Waals surface area (Å²) in [6.07, 6.45) is 2.63. The van der Waals surface area contributed by atoms with Crippen LogP contribution in [0.25, 0.3) is 22.6 Å². The average Bonchev–Trinajstić information content (AvgIpc) is 3.18. The van der Waals surface area contributed by atoms with E-state index >= 15 is 0 Å². The molecule has 1 aromatic carbocycles. The molecule has 146 valence electrons. The minimum Gasteiger partial charge on any atom is -0.368 e. The van der Waals surface area contributed by atoms with E-state index in [9.17, 15) is 4.39 Å². The lowest BCUT2D eigenvalue weighted by atomic mass is 10.1. The largest absolute Gasteiger partial charge is 0.368 e. The van der Waals surface area contributed by atoms with Crippen molar-refractivity contribution in [3.8, 4) is 22.6 Å². The van der Waals surface area contributed by atoms with Gasteiger partial charge >= 0.3 is 0 Å². The number of rotatable bonds is 5. The highest BCUT2D eigenvalue weighted by molar-refractivity contribution is 5.68. The Morgan fingerprint density at radius 1 is 0.966 bits per heavy atom. The van der Waals surface area contributed by atoms with E-state index in [0.29, 0.717) is 29.2 Å². The molecule has 0 amide bonds. The van der Waals surface area contributed by atoms with Gasteiger partial charge in [0.25, 0.3) is 0 Å². The van der Waals surface area contributed by atoms with Crippen molar-refractivity contribution in [1.29, 1.82) is 0 Å². The predicted octanol–water partition coefficient (Wildman–Crippen LogP) is 3.44. The molecule has 0 fully saturated rings. The van der Waals surface area contributed by atoms with Gasteiger partial charge in [0.15, 0.2) is 0 Å². The smallest absolute Gasteiger partial charge is 0.221 e. The Kier molecular flexibility index (Phi) is 4.99. The molecule has 8 heteroatoms. The fourth-order valence-electron chi connectivity index (χ4n) is 3.04. The number of aryl methyl sites for hydroxylation is 2. The van der Waals surface area contributed by atoms with Crippen LogP contribution in [0.3, 0.4) is 0 Å². The number of hydrogen-bond acceptors (Lipinski definition) is 6. The first-order valence-corrected chi connectivity index (χ1v) is 9.28. The van der Waals surface area contributed by atoms with E-state index in [0.717, 1.165) is 23.4 Å². The van der Waals surface area contributed by atoms with Gasteiger partial charge in [-0.2, -0.15) is 0 Å². The number of nitrogens with zero attached hydrogens (tertiary/aromatic N) is 6. The van der Waals surface area contributed by atoms with Crippen LogP contribution in [0.2, 0.25) is 0 Å². The second-order valence-electron chi connectivity index (χ2n) is 6.76. The van der Waals surface area contributed by atoms with Crippen LogP contribution in [0, 0.1) is 12.7 Å². The van der Waals surface area contributed by atoms with Crippen molar-refractivity contribution >= 4 is 5.95 Å². The standard InChI is InChI=1S/C21H20FN7/c1-3-14-5-4-6-15(24-14)11-29-12-20(27-28-29)19-10-18(25-21(23)26-19)16-9-13(2)7-8-17(16)22/h4-10,12H,3,11H2,1-2H3,(H2,23,25,26). The van der Waals surface area contributed by atoms with Crippen molar-refractivity contribution < 1.29 is 4.39 Å². The van der Waals surface area contributed by atoms with E-state index in [-0.39, 0.29) is 11.8 Å². The van der Waals surface area contributed by atoms with Gasteiger partial charge in [-0.05, 0) is 43.7 Å². The van der Waals surface area contributed by atoms with Gasteiger partial charge in [-0.25, -0.2) is 19.0 Å². The van der Waals surface area contributed by atoms with Gasteiger partial charge in [0.2, 0.25) is 5.95 Å². The molecule has 0 spiro atoms. The second-order valence-corrected chi connectivity index (χ2v) is 6.76. The molecule has 0 aliphatic heterocycles. The number of benzene rings is 1. The van der Waals surface area contributed by atoms with Crippen LogP contribution >= 0.6 is 0 Å². The fraction of sp³-hybridized carbons (Fsp3) is 0.190. The quantitative estimate of drug-likeness (QED) is 0.562. The van der Waals surface area contributed by atoms with E-state index in [1.54, 1.807) is 29.1 Å². The molecular formula is C21H20FN7. The highest BCUT2D eigenvalue weighted by atomic mass is 19.1. The summed E-state index contributed by atoms with van der Waals surface area (Å²) in [6.45, 7) is 4.44. The summed E-state index contributed by atoms with van der Waals surface area (Å²) in [6, 6.07) is 12.4. The molecule has 0 atom stereocenters. The number of nitrogen functional groups attached to an aromatic ring is 1. The molecule has 2 N–H and O–H groups in total. The summed E-state index contributed by atoms with van der Waals surface area (Å²) in [5.41, 5.74) is 10.5. The van der Waals surface area contributed by atoms with Gasteiger partial charge in [-0.3, -0.25) is 4.98 Å². The number of nitrogens with two attached hydrogens (primary N) is 1. The Morgan fingerprint density at radius 3 is 2.59 bits per heavy atom. The molecular weight excluding hydrogens is 369 g/mol. The highest BCUT2D eigenvalue weighted by Gasteiger charge is 2.13. The van der Waals surface area contributed by atoms with E-state index in [1.165, 1.54) is 6.07 Å². The van der Waals surface area contributed by atoms with Crippen molar-refractivity contribution in [1.82, 2.24) is 29.9 Å². The van der Waals surface area contributed by atoms with Crippen LogP contribution in [0.1, 0.15) is 23.9 Å². The van der Waals surface area contributed by atoms with Crippen LogP contribution in [0.15, 0.2) is 48.7 Å². The Balaban J connectivity index is 1.65. The topological polar surface area (TPSA) is 95.4 Å². The fourth-order valence-corrected chi connectivity index (χ4v) is 3.04. The molecule has 4 aromatic rings. The second kappa shape index (κ2) is 7.75. The normalized spacial score (nSPS) is 11.0. The van der Waals surface area contributed by atoms with Crippen molar-refractivity contribution in [3.05, 3.63) is 71.4 Å². The molecule has 3 heterocycles. The lowest BCUT2D eigenvalue weighted by molar-refractivity contribution is 0.630. The third-order valence-electron chi connectivity index (χ3n) is 4.49. The summed E-state index contributed by atoms with van der Waals surface area (Å²) < 4.78 is 16.0. The molecule has 0 saturated heterocycles. The molecule has 0 bridgehead atoms. The van der Waals surface area contributed by atoms with E-state index in [1.807, 2.05) is 25.1 Å². The summed E-state index contributed by atoms with van der Waals surface area (Å²) >= 11 is 0. The van der Waals surface area contributed by atoms with Gasteiger partial charge in [-0.1, -0.05) is 29.8 Å². The zero-order valence-corrected chi connectivity index (χ0v) is 16.2. The molecule has 7 nitrogen and oxygen atoms in total. The molecule has 3 aromatic heterocycles. The van der Waals surface area contributed by atoms with Crippen molar-refractivity contribution in [2.45, 2.75) is 26.8 Å². The highest BCUT2D eigenvalue weighted by Crippen LogP contribution is 2.26. The van der Waals surface area contributed by atoms with Crippen LogP contribution in [0.4, 0.5) is 10.3 Å². The first kappa shape index (κ1) is 18.7. The van der Waals surface area contributed by atoms with Crippen molar-refractivity contribution in [2.75, 3.05) is 5.73 Å². The Labute approximate surface area is 167 Å². The predicted molar refractivity (Wildman–Crippen MR) is 108 cm³/mol. The number of anilines is 1. The lowest BCUT2D eigenvalue weighted by Gasteiger charge is -2.06. The lowest BCUT2D eigenvalue weighted by Crippen LogP contribution is -2.03. The SMILES string of the molecule is CCc1cccc(Cn2cc(-c3cc(-c4cc(C)ccc4F)nc(N)n3)nn2)n1. The van der Waals surface area contributed by atoms with Crippen LogP contribution < -0.4 is 5.73 Å². The number of pyridine rings is 1. The number of halogens is 1. The zero-order chi connectivity index (χ0) is 20.4. The summed E-state index contributed by atoms with van der Waals surface area (Å²) in [5, 5.41) is 8.35. The van der Waals surface area contributed by atoms with Crippen molar-refractivity contribution in [2.24, 2.45) is 0 Å². The maximum Gasteiger partial charge on any atom is 0.221 e. The molecule has 0 saturated carbocycles. The Hall–Kier alpha value is -3.68. The van der Waals surface area contributed by atoms with Gasteiger partial charge in [0.1, 0.15) is 11.5 Å². The third-order valence-corrected chi connectivity index (χ3v) is 4.49. The molecule has 0 unspecified atom stereocenters. The summed E-state index contributed by atoms with van der Waals surface area (Å²) in [5.74, 6) is -0.324. The maximum absolute atomic E-state index is 14.3. The maximum atomic E-state index is 14.3. The summed E-state index contributed by atoms with van der Waals surface area (Å²) in [4.78, 5) is 13.0. The van der Waals surface area contributed by atoms with Crippen LogP contribution in [-0.2, 0) is 13.0 Å². The van der Waals surface area contributed by atoms with Crippen LogP contribution in [-0.4, -0.2) is 29.9 Å². The molecule has 0 aliphatic rings. The molecule has 0 aliphatic carbocycles. The first-order chi connectivity index (χ1) is 14.0. The van der Waals surface area contributed by atoms with Crippen molar-refractivity contribution in [3.63, 3.8) is 0 Å². The van der Waals surface area contributed by atoms with Gasteiger partial charge < -0.3 is 5.73 Å². The van der Waals surface area contributed by atoms with Gasteiger partial charge in [0, 0.05) is 11.3 Å². The monoisotopic (exact) mass is 389 g/mol. The van der Waals surface area contributed by atoms with E-state index in [4.69, 9.17) is 5.73 Å². The number of hydrogen-bond donors (Lipinski definition) is 1. The van der Waals surface area contributed by atoms with Crippen LogP contribution in [0.5, 0.6) is 0 Å². The number of aromatic nitrogens is 6. The third kappa shape index (κ3) is 4.11. The van der Waals surface area contributed by atoms with Gasteiger partial charge in [-0.15, -0.1) is 5.10 Å². The Bertz CT molecular complexity index is 1170. The minimum atomic E-state index is -0.370. The Morgan fingerprint density at radius 2 is 1.76 bits per heavy atom. The van der Waals surface area contributed by atoms with E-state index < -0.39 is 0 Å². The zero-order valence-electron chi connectivity index (χ0n) is 16.2. The summed E-state index contributed by atoms with van der Waals surface area (Å²) in [7, 11) is 0.